The van der Waals surface area contributed by atoms with Crippen LogP contribution in [0.2, 0.25) is 0 Å². The summed E-state index contributed by atoms with van der Waals surface area (Å²) in [5.41, 5.74) is 8.00. The van der Waals surface area contributed by atoms with Crippen LogP contribution >= 0.6 is 0 Å². The van der Waals surface area contributed by atoms with Crippen molar-refractivity contribution in [2.45, 2.75) is 32.2 Å². The summed E-state index contributed by atoms with van der Waals surface area (Å²) in [5.74, 6) is 0.159. The van der Waals surface area contributed by atoms with Gasteiger partial charge in [-0.1, -0.05) is 11.5 Å². The van der Waals surface area contributed by atoms with Crippen LogP contribution in [-0.4, -0.2) is 25.4 Å². The van der Waals surface area contributed by atoms with Crippen molar-refractivity contribution in [1.82, 2.24) is 5.32 Å². The minimum absolute atomic E-state index is 0.0499. The van der Waals surface area contributed by atoms with Gasteiger partial charge in [-0.25, -0.2) is 0 Å². The fourth-order valence-electron chi connectivity index (χ4n) is 1.13. The highest BCUT2D eigenvalue weighted by atomic mass is 16.1. The average molecular weight is 184 g/mol. The predicted octanol–water partition coefficient (Wildman–Crippen LogP) is 1.64. The molecular formula is C8H16N4O. The summed E-state index contributed by atoms with van der Waals surface area (Å²) < 4.78 is 0. The van der Waals surface area contributed by atoms with Crippen molar-refractivity contribution >= 4 is 5.78 Å². The highest BCUT2D eigenvalue weighted by Crippen LogP contribution is 2.01. The molecule has 1 N–H and O–H groups in total. The third kappa shape index (κ3) is 6.13. The molecule has 0 saturated heterocycles. The smallest absolute Gasteiger partial charge is 0.146 e. The number of carbonyl (C=O) groups is 1. The van der Waals surface area contributed by atoms with E-state index in [9.17, 15) is 4.79 Å². The SMILES string of the molecule is CN[C@@H](CCCCN=[N+]=[N-])C(C)=O. The molecule has 0 aliphatic heterocycles. The molecule has 0 saturated carbocycles. The molecule has 0 spiro atoms. The number of hydrogen-bond acceptors (Lipinski definition) is 3. The summed E-state index contributed by atoms with van der Waals surface area (Å²) >= 11 is 0. The summed E-state index contributed by atoms with van der Waals surface area (Å²) in [6, 6.07) is -0.0499. The zero-order valence-corrected chi connectivity index (χ0v) is 8.16. The number of azide groups is 1. The molecule has 0 aromatic carbocycles. The molecule has 1 atom stereocenters. The normalized spacial score (nSPS) is 11.8. The lowest BCUT2D eigenvalue weighted by molar-refractivity contribution is -0.119. The molecule has 0 unspecified atom stereocenters. The monoisotopic (exact) mass is 184 g/mol. The van der Waals surface area contributed by atoms with Crippen LogP contribution in [0, 0.1) is 0 Å². The lowest BCUT2D eigenvalue weighted by Gasteiger charge is -2.11. The van der Waals surface area contributed by atoms with Crippen LogP contribution in [0.25, 0.3) is 10.4 Å². The zero-order valence-electron chi connectivity index (χ0n) is 8.16. The van der Waals surface area contributed by atoms with E-state index in [-0.39, 0.29) is 11.8 Å². The van der Waals surface area contributed by atoms with Gasteiger partial charge in [0, 0.05) is 11.5 Å². The lowest BCUT2D eigenvalue weighted by Crippen LogP contribution is -2.32. The summed E-state index contributed by atoms with van der Waals surface area (Å²) in [4.78, 5) is 13.6. The van der Waals surface area contributed by atoms with Crippen LogP contribution in [0.15, 0.2) is 5.11 Å². The first-order chi connectivity index (χ1) is 6.22. The van der Waals surface area contributed by atoms with Crippen LogP contribution in [0.1, 0.15) is 26.2 Å². The van der Waals surface area contributed by atoms with Gasteiger partial charge in [-0.3, -0.25) is 4.79 Å². The van der Waals surface area contributed by atoms with E-state index in [1.807, 2.05) is 0 Å². The predicted molar refractivity (Wildman–Crippen MR) is 51.4 cm³/mol. The molecule has 0 aliphatic rings. The fraction of sp³-hybridized carbons (Fsp3) is 0.875. The Morgan fingerprint density at radius 3 is 2.77 bits per heavy atom. The van der Waals surface area contributed by atoms with Crippen LogP contribution in [0.4, 0.5) is 0 Å². The molecule has 0 aliphatic carbocycles. The van der Waals surface area contributed by atoms with Crippen molar-refractivity contribution in [2.24, 2.45) is 5.11 Å². The Labute approximate surface area is 78.1 Å². The van der Waals surface area contributed by atoms with Crippen molar-refractivity contribution in [3.05, 3.63) is 10.4 Å². The van der Waals surface area contributed by atoms with Gasteiger partial charge in [-0.2, -0.15) is 0 Å². The molecule has 5 heteroatoms. The summed E-state index contributed by atoms with van der Waals surface area (Å²) in [5, 5.41) is 6.35. The van der Waals surface area contributed by atoms with Gasteiger partial charge in [0.1, 0.15) is 5.78 Å². The maximum Gasteiger partial charge on any atom is 0.146 e. The average Bonchev–Trinajstić information content (AvgIpc) is 2.10. The van der Waals surface area contributed by atoms with Crippen molar-refractivity contribution in [1.29, 1.82) is 0 Å². The largest absolute Gasteiger partial charge is 0.311 e. The Hall–Kier alpha value is -1.06. The molecule has 0 aromatic heterocycles. The zero-order chi connectivity index (χ0) is 10.1. The third-order valence-corrected chi connectivity index (χ3v) is 1.90. The van der Waals surface area contributed by atoms with Crippen LogP contribution < -0.4 is 5.32 Å². The van der Waals surface area contributed by atoms with Gasteiger partial charge in [0.05, 0.1) is 6.04 Å². The second-order valence-electron chi connectivity index (χ2n) is 2.90. The van der Waals surface area contributed by atoms with Crippen molar-refractivity contribution < 1.29 is 4.79 Å². The van der Waals surface area contributed by atoms with E-state index < -0.39 is 0 Å². The van der Waals surface area contributed by atoms with Crippen LogP contribution in [-0.2, 0) is 4.79 Å². The van der Waals surface area contributed by atoms with Gasteiger partial charge < -0.3 is 5.32 Å². The van der Waals surface area contributed by atoms with Gasteiger partial charge in [0.15, 0.2) is 0 Å². The second kappa shape index (κ2) is 7.58. The van der Waals surface area contributed by atoms with E-state index in [4.69, 9.17) is 5.53 Å². The van der Waals surface area contributed by atoms with Gasteiger partial charge in [0.2, 0.25) is 0 Å². The van der Waals surface area contributed by atoms with Gasteiger partial charge >= 0.3 is 0 Å². The number of likely N-dealkylation sites (N-methyl/N-ethyl adjacent to an activating group) is 1. The minimum atomic E-state index is -0.0499. The van der Waals surface area contributed by atoms with Crippen molar-refractivity contribution in [3.63, 3.8) is 0 Å². The molecule has 0 amide bonds. The second-order valence-corrected chi connectivity index (χ2v) is 2.90. The number of hydrogen-bond donors (Lipinski definition) is 1. The number of Topliss-reactive ketones (excluding diaryl/α,β-unsaturated/α-hetero) is 1. The van der Waals surface area contributed by atoms with E-state index in [0.717, 1.165) is 19.3 Å². The molecule has 0 bridgehead atoms. The maximum absolute atomic E-state index is 11.0. The topological polar surface area (TPSA) is 77.9 Å². The first-order valence-corrected chi connectivity index (χ1v) is 4.41. The molecule has 74 valence electrons. The third-order valence-electron chi connectivity index (χ3n) is 1.90. The summed E-state index contributed by atoms with van der Waals surface area (Å²) in [6.45, 7) is 2.10. The summed E-state index contributed by atoms with van der Waals surface area (Å²) in [7, 11) is 1.78. The molecule has 0 aromatic rings. The van der Waals surface area contributed by atoms with Gasteiger partial charge in [-0.15, -0.1) is 0 Å². The highest BCUT2D eigenvalue weighted by molar-refractivity contribution is 5.81. The van der Waals surface area contributed by atoms with E-state index in [0.29, 0.717) is 6.54 Å². The van der Waals surface area contributed by atoms with Crippen LogP contribution in [0.3, 0.4) is 0 Å². The Bertz CT molecular complexity index is 198. The van der Waals surface area contributed by atoms with Crippen LogP contribution in [0.5, 0.6) is 0 Å². The number of nitrogens with zero attached hydrogens (tertiary/aromatic N) is 3. The molecule has 0 fully saturated rings. The number of rotatable bonds is 7. The number of ketones is 1. The van der Waals surface area contributed by atoms with E-state index >= 15 is 0 Å². The fourth-order valence-corrected chi connectivity index (χ4v) is 1.13. The molecular weight excluding hydrogens is 168 g/mol. The molecule has 0 rings (SSSR count). The first kappa shape index (κ1) is 11.9. The summed E-state index contributed by atoms with van der Waals surface area (Å²) in [6.07, 6.45) is 2.56. The van der Waals surface area contributed by atoms with E-state index in [2.05, 4.69) is 15.3 Å². The maximum atomic E-state index is 11.0. The Morgan fingerprint density at radius 2 is 2.31 bits per heavy atom. The van der Waals surface area contributed by atoms with Crippen molar-refractivity contribution in [3.8, 4) is 0 Å². The molecule has 5 nitrogen and oxygen atoms in total. The quantitative estimate of drug-likeness (QED) is 0.282. The van der Waals surface area contributed by atoms with E-state index in [1.54, 1.807) is 14.0 Å². The highest BCUT2D eigenvalue weighted by Gasteiger charge is 2.09. The van der Waals surface area contributed by atoms with Crippen molar-refractivity contribution in [2.75, 3.05) is 13.6 Å². The number of unbranched alkanes of at least 4 members (excludes halogenated alkanes) is 1. The number of nitrogens with one attached hydrogen (secondary N) is 1. The number of carbonyl (C=O) groups excluding carboxylic acids is 1. The van der Waals surface area contributed by atoms with Gasteiger partial charge in [-0.05, 0) is 32.3 Å². The minimum Gasteiger partial charge on any atom is -0.311 e. The molecule has 0 heterocycles. The van der Waals surface area contributed by atoms with Gasteiger partial charge in [0.25, 0.3) is 0 Å². The Kier molecular flexibility index (Phi) is 6.96. The molecule has 0 radical (unpaired) electrons. The van der Waals surface area contributed by atoms with E-state index in [1.165, 1.54) is 0 Å². The Balaban J connectivity index is 3.49. The Morgan fingerprint density at radius 1 is 1.62 bits per heavy atom. The standard InChI is InChI=1S/C8H16N4O/c1-7(13)8(10-2)5-3-4-6-11-12-9/h8,10H,3-6H2,1-2H3/t8-/m0/s1. The lowest BCUT2D eigenvalue weighted by atomic mass is 10.1. The molecule has 13 heavy (non-hydrogen) atoms. The first-order valence-electron chi connectivity index (χ1n) is 4.41.